The van der Waals surface area contributed by atoms with Crippen molar-refractivity contribution in [1.82, 2.24) is 24.5 Å². The second-order valence-corrected chi connectivity index (χ2v) is 12.1. The van der Waals surface area contributed by atoms with Crippen LogP contribution in [0.3, 0.4) is 0 Å². The molecule has 0 spiro atoms. The largest absolute Gasteiger partial charge is 0.364 e. The van der Waals surface area contributed by atoms with Crippen molar-refractivity contribution in [2.75, 3.05) is 56.7 Å². The Kier molecular flexibility index (Phi) is 8.36. The molecule has 3 heterocycles. The van der Waals surface area contributed by atoms with E-state index in [-0.39, 0.29) is 29.5 Å². The molecule has 2 aromatic rings. The van der Waals surface area contributed by atoms with Gasteiger partial charge in [0.25, 0.3) is 5.91 Å². The number of nitrogens with two attached hydrogens (primary N) is 1. The predicted octanol–water partition coefficient (Wildman–Crippen LogP) is 1.70. The number of carbonyl (C=O) groups excluding carboxylic acids is 2. The minimum atomic E-state index is -3.16. The molecule has 2 saturated heterocycles. The summed E-state index contributed by atoms with van der Waals surface area (Å²) in [4.78, 5) is 36.7. The van der Waals surface area contributed by atoms with Gasteiger partial charge in [-0.3, -0.25) is 4.79 Å². The van der Waals surface area contributed by atoms with Gasteiger partial charge in [0, 0.05) is 52.0 Å². The van der Waals surface area contributed by atoms with Gasteiger partial charge in [0.2, 0.25) is 10.0 Å². The van der Waals surface area contributed by atoms with E-state index in [0.29, 0.717) is 25.5 Å². The van der Waals surface area contributed by atoms with Gasteiger partial charge in [-0.15, -0.1) is 0 Å². The maximum absolute atomic E-state index is 12.1. The minimum absolute atomic E-state index is 0.0236. The highest BCUT2D eigenvalue weighted by molar-refractivity contribution is 7.88. The van der Waals surface area contributed by atoms with Crippen molar-refractivity contribution in [3.05, 3.63) is 41.7 Å². The molecule has 1 atom stereocenters. The first-order valence-corrected chi connectivity index (χ1v) is 14.6. The van der Waals surface area contributed by atoms with Gasteiger partial charge in [-0.1, -0.05) is 12.1 Å². The van der Waals surface area contributed by atoms with Crippen LogP contribution in [0.1, 0.15) is 47.7 Å². The molecular weight excluding hydrogens is 508 g/mol. The Bertz CT molecular complexity index is 1260. The Morgan fingerprint density at radius 2 is 1.76 bits per heavy atom. The summed E-state index contributed by atoms with van der Waals surface area (Å²) >= 11 is 0. The van der Waals surface area contributed by atoms with E-state index < -0.39 is 15.9 Å². The molecule has 12 nitrogen and oxygen atoms in total. The lowest BCUT2D eigenvalue weighted by Crippen LogP contribution is -2.50. The number of hydrogen-bond acceptors (Lipinski definition) is 8. The van der Waals surface area contributed by atoms with Gasteiger partial charge in [0.1, 0.15) is 5.82 Å². The second kappa shape index (κ2) is 11.5. The van der Waals surface area contributed by atoms with Crippen LogP contribution >= 0.6 is 0 Å². The zero-order valence-electron chi connectivity index (χ0n) is 22.1. The van der Waals surface area contributed by atoms with Crippen LogP contribution in [0.25, 0.3) is 0 Å². The third kappa shape index (κ3) is 6.70. The number of primary amides is 1. The molecule has 0 saturated carbocycles. The van der Waals surface area contributed by atoms with Gasteiger partial charge in [-0.25, -0.2) is 27.5 Å². The molecule has 1 unspecified atom stereocenters. The molecule has 2 aliphatic rings. The van der Waals surface area contributed by atoms with Crippen molar-refractivity contribution < 1.29 is 18.0 Å². The molecule has 4 N–H and O–H groups in total. The van der Waals surface area contributed by atoms with Crippen LogP contribution in [0.2, 0.25) is 0 Å². The number of sulfonamides is 1. The Morgan fingerprint density at radius 1 is 1.08 bits per heavy atom. The van der Waals surface area contributed by atoms with Crippen LogP contribution in [0.4, 0.5) is 22.1 Å². The lowest BCUT2D eigenvalue weighted by Gasteiger charge is -2.34. The van der Waals surface area contributed by atoms with Crippen molar-refractivity contribution in [2.45, 2.75) is 37.6 Å². The van der Waals surface area contributed by atoms with E-state index in [1.54, 1.807) is 14.1 Å². The van der Waals surface area contributed by atoms with Gasteiger partial charge >= 0.3 is 6.03 Å². The first-order valence-electron chi connectivity index (χ1n) is 12.7. The summed E-state index contributed by atoms with van der Waals surface area (Å²) in [6.07, 6.45) is 6.07. The van der Waals surface area contributed by atoms with Crippen LogP contribution < -0.4 is 21.3 Å². The third-order valence-corrected chi connectivity index (χ3v) is 8.34. The van der Waals surface area contributed by atoms with Crippen molar-refractivity contribution in [3.8, 4) is 0 Å². The number of nitrogens with zero attached hydrogens (tertiary/aromatic N) is 5. The van der Waals surface area contributed by atoms with Crippen molar-refractivity contribution in [1.29, 1.82) is 0 Å². The highest BCUT2D eigenvalue weighted by atomic mass is 32.2. The number of benzene rings is 1. The zero-order valence-corrected chi connectivity index (χ0v) is 22.9. The number of rotatable bonds is 7. The highest BCUT2D eigenvalue weighted by Gasteiger charge is 2.26. The normalized spacial score (nSPS) is 19.1. The number of anilines is 3. The van der Waals surface area contributed by atoms with Crippen LogP contribution in [0.5, 0.6) is 0 Å². The summed E-state index contributed by atoms with van der Waals surface area (Å²) in [6, 6.07) is 7.67. The topological polar surface area (TPSA) is 154 Å². The molecule has 13 heteroatoms. The molecule has 1 aromatic heterocycles. The van der Waals surface area contributed by atoms with E-state index in [2.05, 4.69) is 20.6 Å². The zero-order chi connectivity index (χ0) is 27.4. The minimum Gasteiger partial charge on any atom is -0.364 e. The lowest BCUT2D eigenvalue weighted by molar-refractivity contribution is 0.0996. The molecule has 38 heavy (non-hydrogen) atoms. The fourth-order valence-electron chi connectivity index (χ4n) is 4.90. The smallest absolute Gasteiger partial charge is 0.317 e. The molecule has 0 radical (unpaired) electrons. The maximum atomic E-state index is 12.1. The standard InChI is InChI=1S/C25H36N8O4S/c1-31(2)25(35)29-20-5-4-12-32(16-20)21-15-27-22(23(26)34)24(30-21)28-19-8-6-17(7-9-19)18-10-13-33(14-11-18)38(3,36)37/h6-9,15,18,20H,4-5,10-14,16H2,1-3H3,(H2,26,34)(H,28,30)(H,29,35). The van der Waals surface area contributed by atoms with Crippen LogP contribution in [-0.2, 0) is 10.0 Å². The van der Waals surface area contributed by atoms with Gasteiger partial charge in [-0.2, -0.15) is 0 Å². The number of hydrogen-bond donors (Lipinski definition) is 3. The van der Waals surface area contributed by atoms with E-state index in [1.165, 1.54) is 21.7 Å². The van der Waals surface area contributed by atoms with Crippen molar-refractivity contribution in [3.63, 3.8) is 0 Å². The first-order chi connectivity index (χ1) is 18.0. The van der Waals surface area contributed by atoms with Crippen LogP contribution in [0.15, 0.2) is 30.5 Å². The average molecular weight is 545 g/mol. The van der Waals surface area contributed by atoms with Gasteiger partial charge < -0.3 is 26.2 Å². The van der Waals surface area contributed by atoms with E-state index in [1.807, 2.05) is 29.2 Å². The Morgan fingerprint density at radius 3 is 2.37 bits per heavy atom. The molecule has 2 fully saturated rings. The fraction of sp³-hybridized carbons (Fsp3) is 0.520. The number of piperidine rings is 2. The van der Waals surface area contributed by atoms with Crippen LogP contribution in [-0.4, -0.2) is 92.1 Å². The Labute approximate surface area is 223 Å². The van der Waals surface area contributed by atoms with E-state index in [4.69, 9.17) is 5.73 Å². The summed E-state index contributed by atoms with van der Waals surface area (Å²) in [5, 5.41) is 6.20. The molecule has 3 amide bonds. The Hall–Kier alpha value is -3.45. The van der Waals surface area contributed by atoms with Crippen molar-refractivity contribution >= 4 is 39.3 Å². The maximum Gasteiger partial charge on any atom is 0.317 e. The third-order valence-electron chi connectivity index (χ3n) is 7.04. The number of amides is 3. The van der Waals surface area contributed by atoms with E-state index in [0.717, 1.165) is 43.5 Å². The molecule has 0 bridgehead atoms. The summed E-state index contributed by atoms with van der Waals surface area (Å²) in [5.41, 5.74) is 7.48. The average Bonchev–Trinajstić information content (AvgIpc) is 2.88. The second-order valence-electron chi connectivity index (χ2n) is 10.1. The van der Waals surface area contributed by atoms with Gasteiger partial charge in [-0.05, 0) is 49.3 Å². The molecule has 206 valence electrons. The Balaban J connectivity index is 1.46. The summed E-state index contributed by atoms with van der Waals surface area (Å²) in [6.45, 7) is 2.37. The van der Waals surface area contributed by atoms with Gasteiger partial charge in [0.15, 0.2) is 11.5 Å². The van der Waals surface area contributed by atoms with E-state index in [9.17, 15) is 18.0 Å². The monoisotopic (exact) mass is 544 g/mol. The molecule has 1 aromatic carbocycles. The molecule has 0 aliphatic carbocycles. The highest BCUT2D eigenvalue weighted by Crippen LogP contribution is 2.30. The van der Waals surface area contributed by atoms with E-state index >= 15 is 0 Å². The number of nitrogens with one attached hydrogen (secondary N) is 2. The van der Waals surface area contributed by atoms with Crippen molar-refractivity contribution in [2.24, 2.45) is 5.73 Å². The number of aromatic nitrogens is 2. The fourth-order valence-corrected chi connectivity index (χ4v) is 5.78. The van der Waals surface area contributed by atoms with Crippen LogP contribution in [0, 0.1) is 0 Å². The lowest BCUT2D eigenvalue weighted by atomic mass is 9.90. The first kappa shape index (κ1) is 27.6. The number of urea groups is 1. The molecular formula is C25H36N8O4S. The summed E-state index contributed by atoms with van der Waals surface area (Å²) < 4.78 is 25.1. The predicted molar refractivity (Wildman–Crippen MR) is 146 cm³/mol. The molecule has 2 aliphatic heterocycles. The van der Waals surface area contributed by atoms with Gasteiger partial charge in [0.05, 0.1) is 12.5 Å². The summed E-state index contributed by atoms with van der Waals surface area (Å²) in [5.74, 6) is 0.459. The quantitative estimate of drug-likeness (QED) is 0.476. The summed E-state index contributed by atoms with van der Waals surface area (Å²) in [7, 11) is 0.250. The SMILES string of the molecule is CN(C)C(=O)NC1CCCN(c2cnc(C(N)=O)c(Nc3ccc(C4CCN(S(C)(=O)=O)CC4)cc3)n2)C1. The number of carbonyl (C=O) groups is 2. The molecule has 4 rings (SSSR count).